The summed E-state index contributed by atoms with van der Waals surface area (Å²) in [7, 11) is 1.33. The lowest BCUT2D eigenvalue weighted by Crippen LogP contribution is -2.53. The molecule has 1 atom stereocenters. The largest absolute Gasteiger partial charge is 0.469 e. The SMILES string of the molecule is CCCC(C)(N)C(=O)NCC(C)(C)C(=O)OC. The highest BCUT2D eigenvalue weighted by atomic mass is 16.5. The predicted octanol–water partition coefficient (Wildman–Crippen LogP) is 0.819. The summed E-state index contributed by atoms with van der Waals surface area (Å²) >= 11 is 0. The average molecular weight is 244 g/mol. The Hall–Kier alpha value is -1.10. The highest BCUT2D eigenvalue weighted by Gasteiger charge is 2.32. The first kappa shape index (κ1) is 15.9. The lowest BCUT2D eigenvalue weighted by atomic mass is 9.92. The fourth-order valence-corrected chi connectivity index (χ4v) is 1.48. The van der Waals surface area contributed by atoms with Gasteiger partial charge in [0.15, 0.2) is 0 Å². The molecule has 0 fully saturated rings. The number of hydrogen-bond donors (Lipinski definition) is 2. The van der Waals surface area contributed by atoms with Gasteiger partial charge in [0.1, 0.15) is 0 Å². The quantitative estimate of drug-likeness (QED) is 0.678. The van der Waals surface area contributed by atoms with E-state index in [2.05, 4.69) is 10.1 Å². The molecule has 3 N–H and O–H groups in total. The zero-order valence-electron chi connectivity index (χ0n) is 11.4. The molecule has 17 heavy (non-hydrogen) atoms. The first-order chi connectivity index (χ1) is 7.67. The highest BCUT2D eigenvalue weighted by Crippen LogP contribution is 2.16. The molecule has 0 aromatic carbocycles. The molecule has 1 unspecified atom stereocenters. The molecule has 0 saturated carbocycles. The van der Waals surface area contributed by atoms with E-state index >= 15 is 0 Å². The van der Waals surface area contributed by atoms with Crippen LogP contribution in [-0.2, 0) is 14.3 Å². The molecule has 5 heteroatoms. The molecule has 5 nitrogen and oxygen atoms in total. The summed E-state index contributed by atoms with van der Waals surface area (Å²) in [5.41, 5.74) is 4.25. The van der Waals surface area contributed by atoms with E-state index in [-0.39, 0.29) is 18.4 Å². The Bertz CT molecular complexity index is 285. The van der Waals surface area contributed by atoms with Crippen molar-refractivity contribution in [3.63, 3.8) is 0 Å². The van der Waals surface area contributed by atoms with Crippen LogP contribution in [0.3, 0.4) is 0 Å². The van der Waals surface area contributed by atoms with Gasteiger partial charge in [0.2, 0.25) is 5.91 Å². The van der Waals surface area contributed by atoms with Gasteiger partial charge in [0.05, 0.1) is 18.1 Å². The molecule has 0 aliphatic heterocycles. The Balaban J connectivity index is 4.38. The maximum Gasteiger partial charge on any atom is 0.313 e. The first-order valence-electron chi connectivity index (χ1n) is 5.83. The second kappa shape index (κ2) is 6.00. The number of carbonyl (C=O) groups is 2. The Morgan fingerprint density at radius 3 is 2.24 bits per heavy atom. The minimum Gasteiger partial charge on any atom is -0.469 e. The Morgan fingerprint density at radius 2 is 1.82 bits per heavy atom. The fourth-order valence-electron chi connectivity index (χ4n) is 1.48. The molecule has 1 amide bonds. The molecule has 0 aliphatic rings. The number of nitrogens with one attached hydrogen (secondary N) is 1. The van der Waals surface area contributed by atoms with Gasteiger partial charge in [-0.1, -0.05) is 13.3 Å². The molecule has 0 saturated heterocycles. The van der Waals surface area contributed by atoms with Crippen LogP contribution in [-0.4, -0.2) is 31.1 Å². The van der Waals surface area contributed by atoms with Gasteiger partial charge in [0.25, 0.3) is 0 Å². The summed E-state index contributed by atoms with van der Waals surface area (Å²) in [5, 5.41) is 2.70. The third-order valence-corrected chi connectivity index (χ3v) is 2.72. The average Bonchev–Trinajstić information content (AvgIpc) is 2.24. The van der Waals surface area contributed by atoms with Gasteiger partial charge in [-0.05, 0) is 27.2 Å². The van der Waals surface area contributed by atoms with Gasteiger partial charge >= 0.3 is 5.97 Å². The number of carbonyl (C=O) groups excluding carboxylic acids is 2. The molecule has 0 heterocycles. The Morgan fingerprint density at radius 1 is 1.29 bits per heavy atom. The van der Waals surface area contributed by atoms with Crippen molar-refractivity contribution < 1.29 is 14.3 Å². The maximum atomic E-state index is 11.8. The summed E-state index contributed by atoms with van der Waals surface area (Å²) in [6, 6.07) is 0. The van der Waals surface area contributed by atoms with Gasteiger partial charge in [-0.25, -0.2) is 0 Å². The van der Waals surface area contributed by atoms with E-state index in [0.29, 0.717) is 6.42 Å². The van der Waals surface area contributed by atoms with Crippen LogP contribution in [0.15, 0.2) is 0 Å². The summed E-state index contributed by atoms with van der Waals surface area (Å²) in [4.78, 5) is 23.2. The number of ether oxygens (including phenoxy) is 1. The maximum absolute atomic E-state index is 11.8. The van der Waals surface area contributed by atoms with E-state index in [9.17, 15) is 9.59 Å². The van der Waals surface area contributed by atoms with E-state index in [1.165, 1.54) is 7.11 Å². The smallest absolute Gasteiger partial charge is 0.313 e. The lowest BCUT2D eigenvalue weighted by molar-refractivity contribution is -0.150. The molecule has 0 radical (unpaired) electrons. The molecule has 0 aromatic rings. The van der Waals surface area contributed by atoms with E-state index in [1.807, 2.05) is 6.92 Å². The van der Waals surface area contributed by atoms with Crippen molar-refractivity contribution in [2.45, 2.75) is 46.1 Å². The summed E-state index contributed by atoms with van der Waals surface area (Å²) in [6.45, 7) is 7.31. The van der Waals surface area contributed by atoms with Gasteiger partial charge in [-0.2, -0.15) is 0 Å². The van der Waals surface area contributed by atoms with Gasteiger partial charge < -0.3 is 15.8 Å². The molecule has 0 bridgehead atoms. The van der Waals surface area contributed by atoms with E-state index in [0.717, 1.165) is 6.42 Å². The monoisotopic (exact) mass is 244 g/mol. The summed E-state index contributed by atoms with van der Waals surface area (Å²) < 4.78 is 4.66. The fraction of sp³-hybridized carbons (Fsp3) is 0.833. The number of rotatable bonds is 6. The number of methoxy groups -OCH3 is 1. The van der Waals surface area contributed by atoms with Crippen LogP contribution in [0.5, 0.6) is 0 Å². The number of nitrogens with two attached hydrogens (primary N) is 1. The topological polar surface area (TPSA) is 81.4 Å². The zero-order valence-corrected chi connectivity index (χ0v) is 11.4. The predicted molar refractivity (Wildman–Crippen MR) is 66.3 cm³/mol. The third kappa shape index (κ3) is 4.73. The van der Waals surface area contributed by atoms with Crippen LogP contribution < -0.4 is 11.1 Å². The van der Waals surface area contributed by atoms with E-state index in [4.69, 9.17) is 5.73 Å². The molecule has 0 aromatic heterocycles. The van der Waals surface area contributed by atoms with Crippen molar-refractivity contribution in [1.82, 2.24) is 5.32 Å². The number of esters is 1. The first-order valence-corrected chi connectivity index (χ1v) is 5.83. The van der Waals surface area contributed by atoms with Crippen molar-refractivity contribution in [2.75, 3.05) is 13.7 Å². The molecular weight excluding hydrogens is 220 g/mol. The highest BCUT2D eigenvalue weighted by molar-refractivity contribution is 5.86. The van der Waals surface area contributed by atoms with Crippen LogP contribution in [0.25, 0.3) is 0 Å². The van der Waals surface area contributed by atoms with Gasteiger partial charge in [-0.15, -0.1) is 0 Å². The van der Waals surface area contributed by atoms with Crippen LogP contribution in [0.1, 0.15) is 40.5 Å². The normalized spacial score (nSPS) is 14.9. The van der Waals surface area contributed by atoms with Crippen LogP contribution >= 0.6 is 0 Å². The van der Waals surface area contributed by atoms with Crippen LogP contribution in [0.2, 0.25) is 0 Å². The number of amides is 1. The van der Waals surface area contributed by atoms with Gasteiger partial charge in [-0.3, -0.25) is 9.59 Å². The second-order valence-corrected chi connectivity index (χ2v) is 5.23. The van der Waals surface area contributed by atoms with E-state index in [1.54, 1.807) is 20.8 Å². The molecule has 0 rings (SSSR count). The van der Waals surface area contributed by atoms with Crippen LogP contribution in [0, 0.1) is 5.41 Å². The van der Waals surface area contributed by atoms with Crippen molar-refractivity contribution in [1.29, 1.82) is 0 Å². The second-order valence-electron chi connectivity index (χ2n) is 5.23. The zero-order chi connectivity index (χ0) is 13.7. The summed E-state index contributed by atoms with van der Waals surface area (Å²) in [6.07, 6.45) is 1.44. The Kier molecular flexibility index (Phi) is 5.61. The minimum atomic E-state index is -0.888. The van der Waals surface area contributed by atoms with Crippen LogP contribution in [0.4, 0.5) is 0 Å². The van der Waals surface area contributed by atoms with E-state index < -0.39 is 11.0 Å². The molecule has 0 aliphatic carbocycles. The van der Waals surface area contributed by atoms with Crippen molar-refractivity contribution in [3.05, 3.63) is 0 Å². The molecule has 0 spiro atoms. The van der Waals surface area contributed by atoms with Gasteiger partial charge in [0, 0.05) is 6.54 Å². The summed E-state index contributed by atoms with van der Waals surface area (Å²) in [5.74, 6) is -0.594. The number of hydrogen-bond acceptors (Lipinski definition) is 4. The third-order valence-electron chi connectivity index (χ3n) is 2.72. The van der Waals surface area contributed by atoms with Crippen molar-refractivity contribution >= 4 is 11.9 Å². The molecular formula is C12H24N2O3. The standard InChI is InChI=1S/C12H24N2O3/c1-6-7-12(4,13)9(15)14-8-11(2,3)10(16)17-5/h6-8,13H2,1-5H3,(H,14,15). The lowest BCUT2D eigenvalue weighted by Gasteiger charge is -2.27. The van der Waals surface area contributed by atoms with Crippen molar-refractivity contribution in [3.8, 4) is 0 Å². The Labute approximate surface area is 103 Å². The van der Waals surface area contributed by atoms with Crippen molar-refractivity contribution in [2.24, 2.45) is 11.1 Å². The minimum absolute atomic E-state index is 0.217. The molecule has 100 valence electrons.